The Kier molecular flexibility index (Phi) is 3.34. The highest BCUT2D eigenvalue weighted by molar-refractivity contribution is 6.11. The van der Waals surface area contributed by atoms with Gasteiger partial charge < -0.3 is 13.6 Å². The second kappa shape index (κ2) is 5.74. The summed E-state index contributed by atoms with van der Waals surface area (Å²) in [6, 6.07) is 17.6. The molecule has 0 amide bonds. The number of benzene rings is 3. The normalized spacial score (nSPS) is 11.5. The van der Waals surface area contributed by atoms with Gasteiger partial charge in [0.25, 0.3) is 0 Å². The molecule has 27 heavy (non-hydrogen) atoms. The third-order valence-corrected chi connectivity index (χ3v) is 4.98. The number of rotatable bonds is 2. The first-order chi connectivity index (χ1) is 13.1. The molecule has 0 bridgehead atoms. The maximum absolute atomic E-state index is 12.4. The molecule has 0 saturated heterocycles. The molecule has 0 fully saturated rings. The SMILES string of the molecule is COc1ccc2c(c1)c(=O)oc1cc3occ(-c4ccc(C)cc4)c3cc12. The van der Waals surface area contributed by atoms with Crippen LogP contribution in [0, 0.1) is 6.92 Å². The molecule has 0 aliphatic heterocycles. The summed E-state index contributed by atoms with van der Waals surface area (Å²) < 4.78 is 16.5. The molecule has 5 rings (SSSR count). The quantitative estimate of drug-likeness (QED) is 0.302. The van der Waals surface area contributed by atoms with E-state index >= 15 is 0 Å². The van der Waals surface area contributed by atoms with Crippen LogP contribution in [0.1, 0.15) is 5.56 Å². The molecule has 4 heteroatoms. The van der Waals surface area contributed by atoms with E-state index in [4.69, 9.17) is 13.6 Å². The largest absolute Gasteiger partial charge is 0.497 e. The fourth-order valence-electron chi connectivity index (χ4n) is 3.52. The van der Waals surface area contributed by atoms with Crippen LogP contribution < -0.4 is 10.4 Å². The number of hydrogen-bond acceptors (Lipinski definition) is 4. The number of furan rings is 1. The van der Waals surface area contributed by atoms with Crippen LogP contribution in [0.15, 0.2) is 74.5 Å². The van der Waals surface area contributed by atoms with E-state index in [0.717, 1.165) is 27.3 Å². The maximum atomic E-state index is 12.4. The molecule has 0 N–H and O–H groups in total. The Labute approximate surface area is 154 Å². The predicted molar refractivity (Wildman–Crippen MR) is 106 cm³/mol. The lowest BCUT2D eigenvalue weighted by Gasteiger charge is -2.06. The van der Waals surface area contributed by atoms with Crippen molar-refractivity contribution in [1.82, 2.24) is 0 Å². The molecule has 0 spiro atoms. The van der Waals surface area contributed by atoms with Crippen LogP contribution in [0.2, 0.25) is 0 Å². The summed E-state index contributed by atoms with van der Waals surface area (Å²) in [6.07, 6.45) is 1.75. The van der Waals surface area contributed by atoms with Crippen molar-refractivity contribution in [3.05, 3.63) is 76.8 Å². The van der Waals surface area contributed by atoms with E-state index in [9.17, 15) is 4.79 Å². The molecule has 4 nitrogen and oxygen atoms in total. The summed E-state index contributed by atoms with van der Waals surface area (Å²) in [4.78, 5) is 12.4. The highest BCUT2D eigenvalue weighted by Gasteiger charge is 2.14. The molecule has 2 heterocycles. The third kappa shape index (κ3) is 2.41. The Morgan fingerprint density at radius 2 is 1.63 bits per heavy atom. The average molecular weight is 356 g/mol. The molecule has 132 valence electrons. The molecule has 0 radical (unpaired) electrons. The third-order valence-electron chi connectivity index (χ3n) is 4.98. The fourth-order valence-corrected chi connectivity index (χ4v) is 3.52. The first kappa shape index (κ1) is 15.7. The molecular formula is C23H16O4. The minimum Gasteiger partial charge on any atom is -0.497 e. The lowest BCUT2D eigenvalue weighted by Crippen LogP contribution is -2.00. The van der Waals surface area contributed by atoms with Gasteiger partial charge in [0, 0.05) is 27.8 Å². The van der Waals surface area contributed by atoms with E-state index in [2.05, 4.69) is 31.2 Å². The van der Waals surface area contributed by atoms with Gasteiger partial charge in [-0.3, -0.25) is 0 Å². The van der Waals surface area contributed by atoms with Crippen LogP contribution in [0.4, 0.5) is 0 Å². The van der Waals surface area contributed by atoms with E-state index < -0.39 is 0 Å². The number of fused-ring (bicyclic) bond motifs is 4. The molecule has 2 aromatic heterocycles. The van der Waals surface area contributed by atoms with Gasteiger partial charge in [-0.15, -0.1) is 0 Å². The second-order valence-electron chi connectivity index (χ2n) is 6.66. The van der Waals surface area contributed by atoms with Crippen LogP contribution in [-0.2, 0) is 0 Å². The van der Waals surface area contributed by atoms with E-state index in [1.54, 1.807) is 25.5 Å². The van der Waals surface area contributed by atoms with Crippen LogP contribution >= 0.6 is 0 Å². The Hall–Kier alpha value is -3.53. The lowest BCUT2D eigenvalue weighted by molar-refractivity contribution is 0.415. The molecule has 5 aromatic rings. The van der Waals surface area contributed by atoms with Gasteiger partial charge in [-0.05, 0) is 36.8 Å². The smallest absolute Gasteiger partial charge is 0.344 e. The van der Waals surface area contributed by atoms with Crippen molar-refractivity contribution >= 4 is 32.7 Å². The van der Waals surface area contributed by atoms with Gasteiger partial charge in [0.1, 0.15) is 16.9 Å². The van der Waals surface area contributed by atoms with Crippen molar-refractivity contribution in [2.75, 3.05) is 7.11 Å². The molecule has 0 unspecified atom stereocenters. The standard InChI is InChI=1S/C23H16O4/c1-13-3-5-14(6-4-13)20-12-26-21-11-22-17(10-18(20)21)16-8-7-15(25-2)9-19(16)23(24)27-22/h3-12H,1-2H3. The predicted octanol–water partition coefficient (Wildman–Crippen LogP) is 5.68. The van der Waals surface area contributed by atoms with E-state index in [1.807, 2.05) is 18.2 Å². The first-order valence-electron chi connectivity index (χ1n) is 8.67. The van der Waals surface area contributed by atoms with E-state index in [-0.39, 0.29) is 5.63 Å². The Bertz CT molecular complexity index is 1370. The summed E-state index contributed by atoms with van der Waals surface area (Å²) in [5, 5.41) is 3.19. The van der Waals surface area contributed by atoms with Gasteiger partial charge in [-0.25, -0.2) is 4.79 Å². The molecule has 0 aliphatic carbocycles. The molecular weight excluding hydrogens is 340 g/mol. The summed E-state index contributed by atoms with van der Waals surface area (Å²) in [5.74, 6) is 0.624. The number of ether oxygens (including phenoxy) is 1. The Balaban J connectivity index is 1.85. The fraction of sp³-hybridized carbons (Fsp3) is 0.0870. The zero-order chi connectivity index (χ0) is 18.5. The number of aryl methyl sites for hydroxylation is 1. The van der Waals surface area contributed by atoms with Crippen molar-refractivity contribution in [3.8, 4) is 16.9 Å². The monoisotopic (exact) mass is 356 g/mol. The van der Waals surface area contributed by atoms with Gasteiger partial charge in [0.05, 0.1) is 18.8 Å². The van der Waals surface area contributed by atoms with Gasteiger partial charge in [-0.1, -0.05) is 29.8 Å². The highest BCUT2D eigenvalue weighted by atomic mass is 16.5. The van der Waals surface area contributed by atoms with Crippen molar-refractivity contribution in [3.63, 3.8) is 0 Å². The molecule has 3 aromatic carbocycles. The van der Waals surface area contributed by atoms with Crippen molar-refractivity contribution in [2.45, 2.75) is 6.92 Å². The zero-order valence-corrected chi connectivity index (χ0v) is 14.9. The lowest BCUT2D eigenvalue weighted by atomic mass is 10.0. The second-order valence-corrected chi connectivity index (χ2v) is 6.66. The van der Waals surface area contributed by atoms with Gasteiger partial charge in [-0.2, -0.15) is 0 Å². The molecule has 0 saturated carbocycles. The average Bonchev–Trinajstić information content (AvgIpc) is 3.10. The van der Waals surface area contributed by atoms with Crippen molar-refractivity contribution < 1.29 is 13.6 Å². The van der Waals surface area contributed by atoms with Gasteiger partial charge in [0.15, 0.2) is 0 Å². The minimum absolute atomic E-state index is 0.388. The highest BCUT2D eigenvalue weighted by Crippen LogP contribution is 2.35. The maximum Gasteiger partial charge on any atom is 0.344 e. The van der Waals surface area contributed by atoms with Crippen molar-refractivity contribution in [1.29, 1.82) is 0 Å². The van der Waals surface area contributed by atoms with Gasteiger partial charge in [0.2, 0.25) is 0 Å². The Morgan fingerprint density at radius 3 is 2.41 bits per heavy atom. The summed E-state index contributed by atoms with van der Waals surface area (Å²) in [5.41, 5.74) is 4.12. The van der Waals surface area contributed by atoms with Crippen LogP contribution in [0.3, 0.4) is 0 Å². The van der Waals surface area contributed by atoms with Gasteiger partial charge >= 0.3 is 5.63 Å². The summed E-state index contributed by atoms with van der Waals surface area (Å²) in [7, 11) is 1.58. The summed E-state index contributed by atoms with van der Waals surface area (Å²) in [6.45, 7) is 2.06. The number of methoxy groups -OCH3 is 1. The zero-order valence-electron chi connectivity index (χ0n) is 14.9. The number of hydrogen-bond donors (Lipinski definition) is 0. The van der Waals surface area contributed by atoms with Crippen LogP contribution in [0.25, 0.3) is 43.8 Å². The van der Waals surface area contributed by atoms with E-state index in [0.29, 0.717) is 22.3 Å². The molecule has 0 atom stereocenters. The first-order valence-corrected chi connectivity index (χ1v) is 8.67. The van der Waals surface area contributed by atoms with Crippen LogP contribution in [0.5, 0.6) is 5.75 Å². The Morgan fingerprint density at radius 1 is 0.815 bits per heavy atom. The summed E-state index contributed by atoms with van der Waals surface area (Å²) >= 11 is 0. The minimum atomic E-state index is -0.388. The van der Waals surface area contributed by atoms with E-state index in [1.165, 1.54) is 5.56 Å². The topological polar surface area (TPSA) is 52.6 Å². The van der Waals surface area contributed by atoms with Crippen LogP contribution in [-0.4, -0.2) is 7.11 Å². The van der Waals surface area contributed by atoms with Crippen molar-refractivity contribution in [2.24, 2.45) is 0 Å². The molecule has 0 aliphatic rings.